The van der Waals surface area contributed by atoms with E-state index in [2.05, 4.69) is 5.32 Å². The maximum atomic E-state index is 13.1. The molecule has 2 aromatic rings. The van der Waals surface area contributed by atoms with Crippen molar-refractivity contribution in [3.05, 3.63) is 64.7 Å². The van der Waals surface area contributed by atoms with Crippen LogP contribution < -0.4 is 10.2 Å². The zero-order valence-electron chi connectivity index (χ0n) is 15.4. The van der Waals surface area contributed by atoms with Gasteiger partial charge in [-0.15, -0.1) is 0 Å². The van der Waals surface area contributed by atoms with Crippen LogP contribution in [0.3, 0.4) is 0 Å². The lowest BCUT2D eigenvalue weighted by molar-refractivity contribution is -0.124. The van der Waals surface area contributed by atoms with Gasteiger partial charge in [0.1, 0.15) is 12.2 Å². The minimum atomic E-state index is -0.833. The van der Waals surface area contributed by atoms with Crippen molar-refractivity contribution in [2.24, 2.45) is 0 Å². The third kappa shape index (κ3) is 3.03. The van der Waals surface area contributed by atoms with E-state index in [-0.39, 0.29) is 24.3 Å². The van der Waals surface area contributed by atoms with Crippen LogP contribution in [-0.4, -0.2) is 34.8 Å². The Morgan fingerprint density at radius 3 is 2.61 bits per heavy atom. The third-order valence-electron chi connectivity index (χ3n) is 5.45. The summed E-state index contributed by atoms with van der Waals surface area (Å²) in [5.41, 5.74) is 1.15. The van der Waals surface area contributed by atoms with Gasteiger partial charge in [0.15, 0.2) is 0 Å². The number of hydrogen-bond acceptors (Lipinski definition) is 3. The fourth-order valence-electron chi connectivity index (χ4n) is 3.94. The zero-order chi connectivity index (χ0) is 19.9. The Hall–Kier alpha value is -2.86. The first-order valence-corrected chi connectivity index (χ1v) is 9.53. The highest BCUT2D eigenvalue weighted by molar-refractivity contribution is 6.30. The second-order valence-electron chi connectivity index (χ2n) is 7.26. The maximum absolute atomic E-state index is 13.1. The van der Waals surface area contributed by atoms with Crippen molar-refractivity contribution < 1.29 is 14.4 Å². The smallest absolute Gasteiger partial charge is 0.258 e. The molecule has 0 spiro atoms. The molecule has 0 radical (unpaired) electrons. The molecule has 0 bridgehead atoms. The monoisotopic (exact) mass is 397 g/mol. The van der Waals surface area contributed by atoms with Crippen molar-refractivity contribution in [1.29, 1.82) is 0 Å². The Morgan fingerprint density at radius 2 is 1.86 bits per heavy atom. The first-order valence-electron chi connectivity index (χ1n) is 9.15. The van der Waals surface area contributed by atoms with Crippen molar-refractivity contribution in [3.63, 3.8) is 0 Å². The quantitative estimate of drug-likeness (QED) is 0.862. The van der Waals surface area contributed by atoms with Crippen molar-refractivity contribution in [3.8, 4) is 0 Å². The lowest BCUT2D eigenvalue weighted by atomic mass is 9.98. The Kier molecular flexibility index (Phi) is 4.59. The molecule has 28 heavy (non-hydrogen) atoms. The predicted octanol–water partition coefficient (Wildman–Crippen LogP) is 2.96. The van der Waals surface area contributed by atoms with Gasteiger partial charge >= 0.3 is 0 Å². The highest BCUT2D eigenvalue weighted by atomic mass is 35.5. The largest absolute Gasteiger partial charge is 0.350 e. The van der Waals surface area contributed by atoms with Crippen LogP contribution in [0, 0.1) is 0 Å². The number of fused-ring (bicyclic) bond motifs is 3. The van der Waals surface area contributed by atoms with Gasteiger partial charge in [0.25, 0.3) is 5.91 Å². The summed E-state index contributed by atoms with van der Waals surface area (Å²) in [4.78, 5) is 41.4. The first-order chi connectivity index (χ1) is 13.4. The number of carbonyl (C=O) groups is 3. The van der Waals surface area contributed by atoms with Crippen molar-refractivity contribution >= 4 is 35.0 Å². The van der Waals surface area contributed by atoms with Gasteiger partial charge in [-0.25, -0.2) is 0 Å². The molecule has 3 amide bonds. The molecule has 4 rings (SSSR count). The molecule has 2 aliphatic rings. The van der Waals surface area contributed by atoms with Crippen molar-refractivity contribution in [2.45, 2.75) is 32.0 Å². The number of carbonyl (C=O) groups excluding carboxylic acids is 3. The van der Waals surface area contributed by atoms with E-state index in [1.54, 1.807) is 35.2 Å². The third-order valence-corrected chi connectivity index (χ3v) is 5.70. The lowest BCUT2D eigenvalue weighted by Gasteiger charge is -2.48. The van der Waals surface area contributed by atoms with E-state index in [1.807, 2.05) is 25.1 Å². The van der Waals surface area contributed by atoms with E-state index in [9.17, 15) is 14.4 Å². The molecule has 1 saturated heterocycles. The minimum absolute atomic E-state index is 0.0333. The van der Waals surface area contributed by atoms with Crippen LogP contribution in [0.15, 0.2) is 48.5 Å². The Morgan fingerprint density at radius 1 is 1.14 bits per heavy atom. The molecule has 0 aliphatic carbocycles. The van der Waals surface area contributed by atoms with Crippen molar-refractivity contribution in [2.75, 3.05) is 11.4 Å². The summed E-state index contributed by atoms with van der Waals surface area (Å²) in [5, 5.41) is 3.47. The SMILES string of the molecule is CC12CCC(=O)N1c1ccccc1C(=O)N2CC(=O)NCc1ccc(Cl)cc1. The van der Waals surface area contributed by atoms with Crippen LogP contribution in [0.4, 0.5) is 5.69 Å². The number of halogens is 1. The number of para-hydroxylation sites is 1. The standard InChI is InChI=1S/C21H20ClN3O3/c1-21-11-10-19(27)25(21)17-5-3-2-4-16(17)20(28)24(21)13-18(26)23-12-14-6-8-15(22)9-7-14/h2-9H,10-13H2,1H3,(H,23,26). The van der Waals surface area contributed by atoms with Crippen LogP contribution in [0.1, 0.15) is 35.7 Å². The summed E-state index contributed by atoms with van der Waals surface area (Å²) in [6, 6.07) is 14.3. The molecule has 1 atom stereocenters. The molecule has 1 unspecified atom stereocenters. The van der Waals surface area contributed by atoms with Crippen LogP contribution in [-0.2, 0) is 16.1 Å². The summed E-state index contributed by atoms with van der Waals surface area (Å²) < 4.78 is 0. The van der Waals surface area contributed by atoms with Gasteiger partial charge in [-0.05, 0) is 43.2 Å². The molecule has 0 saturated carbocycles. The van der Waals surface area contributed by atoms with Gasteiger partial charge in [0.2, 0.25) is 11.8 Å². The molecule has 2 heterocycles. The zero-order valence-corrected chi connectivity index (χ0v) is 16.2. The van der Waals surface area contributed by atoms with E-state index in [0.717, 1.165) is 5.56 Å². The first kappa shape index (κ1) is 18.5. The van der Waals surface area contributed by atoms with Crippen LogP contribution in [0.5, 0.6) is 0 Å². The summed E-state index contributed by atoms with van der Waals surface area (Å²) >= 11 is 5.88. The molecular weight excluding hydrogens is 378 g/mol. The molecular formula is C21H20ClN3O3. The van der Waals surface area contributed by atoms with Crippen LogP contribution in [0.2, 0.25) is 5.02 Å². The Bertz CT molecular complexity index is 960. The number of benzene rings is 2. The fourth-order valence-corrected chi connectivity index (χ4v) is 4.07. The number of nitrogens with one attached hydrogen (secondary N) is 1. The summed E-state index contributed by atoms with van der Waals surface area (Å²) in [5.74, 6) is -0.539. The highest BCUT2D eigenvalue weighted by Gasteiger charge is 2.53. The number of anilines is 1. The number of nitrogens with zero attached hydrogens (tertiary/aromatic N) is 2. The van der Waals surface area contributed by atoms with E-state index < -0.39 is 5.66 Å². The lowest BCUT2D eigenvalue weighted by Crippen LogP contribution is -2.63. The molecule has 1 N–H and O–H groups in total. The summed E-state index contributed by atoms with van der Waals surface area (Å²) in [7, 11) is 0. The van der Waals surface area contributed by atoms with E-state index in [0.29, 0.717) is 35.7 Å². The second kappa shape index (κ2) is 6.95. The molecule has 1 fully saturated rings. The number of hydrogen-bond donors (Lipinski definition) is 1. The van der Waals surface area contributed by atoms with Gasteiger partial charge in [-0.1, -0.05) is 35.9 Å². The van der Waals surface area contributed by atoms with Crippen LogP contribution >= 0.6 is 11.6 Å². The van der Waals surface area contributed by atoms with Gasteiger partial charge in [0, 0.05) is 18.0 Å². The molecule has 6 nitrogen and oxygen atoms in total. The highest BCUT2D eigenvalue weighted by Crippen LogP contribution is 2.43. The van der Waals surface area contributed by atoms with Gasteiger partial charge < -0.3 is 10.2 Å². The summed E-state index contributed by atoms with van der Waals surface area (Å²) in [6.07, 6.45) is 0.845. The van der Waals surface area contributed by atoms with Crippen molar-refractivity contribution in [1.82, 2.24) is 10.2 Å². The molecule has 0 aromatic heterocycles. The van der Waals surface area contributed by atoms with Gasteiger partial charge in [0.05, 0.1) is 11.3 Å². The fraction of sp³-hybridized carbons (Fsp3) is 0.286. The van der Waals surface area contributed by atoms with E-state index >= 15 is 0 Å². The van der Waals surface area contributed by atoms with Gasteiger partial charge in [-0.3, -0.25) is 19.3 Å². The average molecular weight is 398 g/mol. The Balaban J connectivity index is 1.55. The maximum Gasteiger partial charge on any atom is 0.258 e. The Labute approximate surface area is 168 Å². The molecule has 2 aliphatic heterocycles. The summed E-state index contributed by atoms with van der Waals surface area (Å²) in [6.45, 7) is 2.08. The second-order valence-corrected chi connectivity index (χ2v) is 7.69. The topological polar surface area (TPSA) is 69.7 Å². The van der Waals surface area contributed by atoms with Gasteiger partial charge in [-0.2, -0.15) is 0 Å². The number of rotatable bonds is 4. The predicted molar refractivity (Wildman–Crippen MR) is 106 cm³/mol. The van der Waals surface area contributed by atoms with Crippen LogP contribution in [0.25, 0.3) is 0 Å². The van der Waals surface area contributed by atoms with E-state index in [4.69, 9.17) is 11.6 Å². The van der Waals surface area contributed by atoms with E-state index in [1.165, 1.54) is 4.90 Å². The molecule has 2 aromatic carbocycles. The number of amides is 3. The average Bonchev–Trinajstić information content (AvgIpc) is 3.00. The molecule has 144 valence electrons. The normalized spacial score (nSPS) is 20.8. The minimum Gasteiger partial charge on any atom is -0.350 e. The molecule has 7 heteroatoms.